The topological polar surface area (TPSA) is 66.5 Å². The van der Waals surface area contributed by atoms with Gasteiger partial charge in [-0.25, -0.2) is 15.0 Å². The summed E-state index contributed by atoms with van der Waals surface area (Å²) < 4.78 is 0. The van der Waals surface area contributed by atoms with Crippen LogP contribution >= 0.6 is 24.8 Å². The molecule has 0 saturated heterocycles. The number of H-pyrrole nitrogens is 1. The SMILES string of the molecule is Cl.Cl.c1ccc2c(c1)CC(NCc1ccc(-c3ncnc4nc[nH]c34)cc1)C2. The van der Waals surface area contributed by atoms with Crippen molar-refractivity contribution in [2.75, 3.05) is 0 Å². The van der Waals surface area contributed by atoms with Crippen LogP contribution in [0.5, 0.6) is 0 Å². The first-order valence-corrected chi connectivity index (χ1v) is 8.90. The Kier molecular flexibility index (Phi) is 6.29. The molecule has 2 aromatic heterocycles. The second kappa shape index (κ2) is 8.69. The van der Waals surface area contributed by atoms with Crippen LogP contribution in [0, 0.1) is 0 Å². The first-order chi connectivity index (χ1) is 12.9. The predicted molar refractivity (Wildman–Crippen MR) is 116 cm³/mol. The van der Waals surface area contributed by atoms with E-state index in [0.29, 0.717) is 11.7 Å². The van der Waals surface area contributed by atoms with E-state index in [4.69, 9.17) is 0 Å². The van der Waals surface area contributed by atoms with Crippen molar-refractivity contribution in [1.82, 2.24) is 25.3 Å². The summed E-state index contributed by atoms with van der Waals surface area (Å²) in [7, 11) is 0. The number of nitrogens with zero attached hydrogens (tertiary/aromatic N) is 3. The lowest BCUT2D eigenvalue weighted by molar-refractivity contribution is 0.533. The summed E-state index contributed by atoms with van der Waals surface area (Å²) in [5, 5.41) is 3.69. The monoisotopic (exact) mass is 413 g/mol. The molecule has 0 saturated carbocycles. The third kappa shape index (κ3) is 3.87. The molecule has 0 aliphatic heterocycles. The molecule has 0 amide bonds. The normalized spacial score (nSPS) is 13.0. The van der Waals surface area contributed by atoms with Crippen LogP contribution in [0.1, 0.15) is 16.7 Å². The van der Waals surface area contributed by atoms with Crippen molar-refractivity contribution in [1.29, 1.82) is 0 Å². The molecule has 5 rings (SSSR count). The van der Waals surface area contributed by atoms with Gasteiger partial charge in [0, 0.05) is 18.2 Å². The maximum absolute atomic E-state index is 4.41. The molecular weight excluding hydrogens is 393 g/mol. The van der Waals surface area contributed by atoms with E-state index in [0.717, 1.165) is 36.2 Å². The molecule has 0 fully saturated rings. The molecule has 2 N–H and O–H groups in total. The van der Waals surface area contributed by atoms with Gasteiger partial charge in [0.15, 0.2) is 5.65 Å². The zero-order chi connectivity index (χ0) is 17.3. The predicted octanol–water partition coefficient (Wildman–Crippen LogP) is 4.12. The molecule has 0 spiro atoms. The number of aromatic nitrogens is 4. The van der Waals surface area contributed by atoms with Crippen LogP contribution in [0.4, 0.5) is 0 Å². The summed E-state index contributed by atoms with van der Waals surface area (Å²) in [6.45, 7) is 0.877. The summed E-state index contributed by atoms with van der Waals surface area (Å²) in [6, 6.07) is 17.8. The summed E-state index contributed by atoms with van der Waals surface area (Å²) in [5.74, 6) is 0. The minimum Gasteiger partial charge on any atom is -0.341 e. The Bertz CT molecular complexity index is 1040. The Morgan fingerprint density at radius 3 is 2.32 bits per heavy atom. The highest BCUT2D eigenvalue weighted by Crippen LogP contribution is 2.24. The zero-order valence-corrected chi connectivity index (χ0v) is 16.8. The highest BCUT2D eigenvalue weighted by Gasteiger charge is 2.20. The van der Waals surface area contributed by atoms with E-state index in [-0.39, 0.29) is 24.8 Å². The highest BCUT2D eigenvalue weighted by atomic mass is 35.5. The summed E-state index contributed by atoms with van der Waals surface area (Å²) >= 11 is 0. The lowest BCUT2D eigenvalue weighted by Gasteiger charge is -2.12. The van der Waals surface area contributed by atoms with E-state index in [9.17, 15) is 0 Å². The Hall–Kier alpha value is -2.47. The average molecular weight is 414 g/mol. The molecule has 0 bridgehead atoms. The van der Waals surface area contributed by atoms with Crippen LogP contribution in [0.25, 0.3) is 22.4 Å². The smallest absolute Gasteiger partial charge is 0.181 e. The van der Waals surface area contributed by atoms with Crippen LogP contribution < -0.4 is 5.32 Å². The number of imidazole rings is 1. The molecule has 0 atom stereocenters. The maximum Gasteiger partial charge on any atom is 0.181 e. The second-order valence-corrected chi connectivity index (χ2v) is 6.78. The number of hydrogen-bond acceptors (Lipinski definition) is 4. The molecule has 0 unspecified atom stereocenters. The number of fused-ring (bicyclic) bond motifs is 2. The fraction of sp³-hybridized carbons (Fsp3) is 0.190. The van der Waals surface area contributed by atoms with Gasteiger partial charge < -0.3 is 10.3 Å². The van der Waals surface area contributed by atoms with Gasteiger partial charge in [0.05, 0.1) is 12.0 Å². The van der Waals surface area contributed by atoms with Gasteiger partial charge in [0.25, 0.3) is 0 Å². The number of benzene rings is 2. The number of hydrogen-bond donors (Lipinski definition) is 2. The molecule has 144 valence electrons. The van der Waals surface area contributed by atoms with Crippen LogP contribution in [-0.2, 0) is 19.4 Å². The maximum atomic E-state index is 4.41. The Morgan fingerprint density at radius 2 is 1.61 bits per heavy atom. The molecule has 2 aromatic carbocycles. The second-order valence-electron chi connectivity index (χ2n) is 6.78. The fourth-order valence-electron chi connectivity index (χ4n) is 3.73. The van der Waals surface area contributed by atoms with Gasteiger partial charge in [0.1, 0.15) is 11.8 Å². The summed E-state index contributed by atoms with van der Waals surface area (Å²) in [5.41, 5.74) is 7.76. The van der Waals surface area contributed by atoms with Crippen LogP contribution in [-0.4, -0.2) is 26.0 Å². The van der Waals surface area contributed by atoms with E-state index in [1.807, 2.05) is 0 Å². The van der Waals surface area contributed by atoms with Crippen LogP contribution in [0.3, 0.4) is 0 Å². The van der Waals surface area contributed by atoms with Crippen molar-refractivity contribution in [3.05, 3.63) is 77.9 Å². The van der Waals surface area contributed by atoms with Gasteiger partial charge in [-0.1, -0.05) is 48.5 Å². The van der Waals surface area contributed by atoms with E-state index < -0.39 is 0 Å². The molecule has 1 aliphatic carbocycles. The molecule has 2 heterocycles. The lowest BCUT2D eigenvalue weighted by Crippen LogP contribution is -2.28. The third-order valence-corrected chi connectivity index (χ3v) is 5.10. The fourth-order valence-corrected chi connectivity index (χ4v) is 3.73. The minimum atomic E-state index is 0. The molecule has 1 aliphatic rings. The molecule has 5 nitrogen and oxygen atoms in total. The first kappa shape index (κ1) is 20.3. The molecule has 7 heteroatoms. The van der Waals surface area contributed by atoms with Gasteiger partial charge in [-0.15, -0.1) is 24.8 Å². The van der Waals surface area contributed by atoms with E-state index >= 15 is 0 Å². The molecular formula is C21H21Cl2N5. The van der Waals surface area contributed by atoms with Gasteiger partial charge in [0.2, 0.25) is 0 Å². The largest absolute Gasteiger partial charge is 0.341 e. The van der Waals surface area contributed by atoms with Gasteiger partial charge >= 0.3 is 0 Å². The molecule has 28 heavy (non-hydrogen) atoms. The van der Waals surface area contributed by atoms with E-state index in [1.54, 1.807) is 12.7 Å². The Morgan fingerprint density at radius 1 is 0.893 bits per heavy atom. The third-order valence-electron chi connectivity index (χ3n) is 5.10. The average Bonchev–Trinajstić information content (AvgIpc) is 3.33. The number of rotatable bonds is 4. The zero-order valence-electron chi connectivity index (χ0n) is 15.1. The standard InChI is InChI=1S/C21H19N5.2ClH/c1-2-4-17-10-18(9-16(17)3-1)22-11-14-5-7-15(8-6-14)19-20-21(25-12-23-19)26-13-24-20;;/h1-8,12-13,18,22H,9-11H2,(H,23,24,25,26);2*1H. The number of nitrogens with one attached hydrogen (secondary N) is 2. The van der Waals surface area contributed by atoms with E-state index in [1.165, 1.54) is 16.7 Å². The Balaban J connectivity index is 0.00000112. The van der Waals surface area contributed by atoms with Gasteiger partial charge in [-0.3, -0.25) is 0 Å². The van der Waals surface area contributed by atoms with E-state index in [2.05, 4.69) is 73.8 Å². The van der Waals surface area contributed by atoms with Crippen molar-refractivity contribution >= 4 is 36.0 Å². The lowest BCUT2D eigenvalue weighted by atomic mass is 10.1. The van der Waals surface area contributed by atoms with Crippen molar-refractivity contribution in [3.8, 4) is 11.3 Å². The van der Waals surface area contributed by atoms with Crippen molar-refractivity contribution in [2.24, 2.45) is 0 Å². The molecule has 4 aromatic rings. The Labute approximate surface area is 175 Å². The van der Waals surface area contributed by atoms with Crippen LogP contribution in [0.15, 0.2) is 61.2 Å². The van der Waals surface area contributed by atoms with Crippen molar-refractivity contribution in [2.45, 2.75) is 25.4 Å². The van der Waals surface area contributed by atoms with Gasteiger partial charge in [-0.2, -0.15) is 0 Å². The van der Waals surface area contributed by atoms with Crippen molar-refractivity contribution in [3.63, 3.8) is 0 Å². The summed E-state index contributed by atoms with van der Waals surface area (Å²) in [6.07, 6.45) is 5.45. The van der Waals surface area contributed by atoms with Gasteiger partial charge in [-0.05, 0) is 29.5 Å². The van der Waals surface area contributed by atoms with Crippen LogP contribution in [0.2, 0.25) is 0 Å². The van der Waals surface area contributed by atoms with Crippen molar-refractivity contribution < 1.29 is 0 Å². The first-order valence-electron chi connectivity index (χ1n) is 8.90. The highest BCUT2D eigenvalue weighted by molar-refractivity contribution is 5.86. The number of aromatic amines is 1. The quantitative estimate of drug-likeness (QED) is 0.527. The minimum absolute atomic E-state index is 0. The summed E-state index contributed by atoms with van der Waals surface area (Å²) in [4.78, 5) is 15.9. The molecule has 0 radical (unpaired) electrons. The number of halogens is 2.